The number of hydrogen-bond acceptors (Lipinski definition) is 3. The minimum atomic E-state index is 0.638. The van der Waals surface area contributed by atoms with Crippen molar-refractivity contribution >= 4 is 16.5 Å². The number of nitrogens with zero attached hydrogens (tertiary/aromatic N) is 1. The Hall–Kier alpha value is -1.35. The fourth-order valence-corrected chi connectivity index (χ4v) is 2.63. The largest absolute Gasteiger partial charge is 0.361 e. The zero-order valence-electron chi connectivity index (χ0n) is 11.4. The Morgan fingerprint density at radius 2 is 1.83 bits per heavy atom. The molecule has 0 spiro atoms. The second-order valence-electron chi connectivity index (χ2n) is 5.19. The SMILES string of the molecule is Cc1cc(C)cc(-c2csc(NCC(C)C)n2)c1. The smallest absolute Gasteiger partial charge is 0.183 e. The zero-order chi connectivity index (χ0) is 13.1. The maximum atomic E-state index is 4.64. The van der Waals surface area contributed by atoms with E-state index in [0.717, 1.165) is 17.4 Å². The van der Waals surface area contributed by atoms with Crippen LogP contribution < -0.4 is 5.32 Å². The molecule has 1 heterocycles. The number of hydrogen-bond donors (Lipinski definition) is 1. The molecule has 2 nitrogen and oxygen atoms in total. The van der Waals surface area contributed by atoms with E-state index in [1.54, 1.807) is 11.3 Å². The van der Waals surface area contributed by atoms with E-state index >= 15 is 0 Å². The van der Waals surface area contributed by atoms with Crippen LogP contribution in [0.5, 0.6) is 0 Å². The van der Waals surface area contributed by atoms with E-state index in [2.05, 4.69) is 61.6 Å². The first-order valence-electron chi connectivity index (χ1n) is 6.32. The van der Waals surface area contributed by atoms with Crippen molar-refractivity contribution in [1.29, 1.82) is 0 Å². The molecule has 0 radical (unpaired) electrons. The fourth-order valence-electron chi connectivity index (χ4n) is 1.90. The summed E-state index contributed by atoms with van der Waals surface area (Å²) in [5.74, 6) is 0.638. The zero-order valence-corrected chi connectivity index (χ0v) is 12.3. The molecule has 0 amide bonds. The molecular formula is C15H20N2S. The van der Waals surface area contributed by atoms with Crippen LogP contribution in [0.4, 0.5) is 5.13 Å². The van der Waals surface area contributed by atoms with Gasteiger partial charge in [0.05, 0.1) is 5.69 Å². The number of aryl methyl sites for hydroxylation is 2. The minimum absolute atomic E-state index is 0.638. The van der Waals surface area contributed by atoms with Gasteiger partial charge in [0, 0.05) is 17.5 Å². The van der Waals surface area contributed by atoms with Crippen LogP contribution in [0.3, 0.4) is 0 Å². The molecule has 0 aliphatic carbocycles. The van der Waals surface area contributed by atoms with E-state index in [1.165, 1.54) is 16.7 Å². The molecule has 2 aromatic rings. The van der Waals surface area contributed by atoms with Gasteiger partial charge in [-0.2, -0.15) is 0 Å². The summed E-state index contributed by atoms with van der Waals surface area (Å²) in [6, 6.07) is 6.57. The lowest BCUT2D eigenvalue weighted by Crippen LogP contribution is -2.07. The first-order chi connectivity index (χ1) is 8.54. The Kier molecular flexibility index (Phi) is 4.02. The molecule has 0 saturated heterocycles. The van der Waals surface area contributed by atoms with Crippen molar-refractivity contribution in [2.75, 3.05) is 11.9 Å². The van der Waals surface area contributed by atoms with Crippen LogP contribution in [0.25, 0.3) is 11.3 Å². The van der Waals surface area contributed by atoms with Crippen LogP contribution >= 0.6 is 11.3 Å². The van der Waals surface area contributed by atoms with Crippen LogP contribution in [0, 0.1) is 19.8 Å². The van der Waals surface area contributed by atoms with Crippen LogP contribution in [-0.2, 0) is 0 Å². The maximum Gasteiger partial charge on any atom is 0.183 e. The molecule has 0 atom stereocenters. The monoisotopic (exact) mass is 260 g/mol. The second kappa shape index (κ2) is 5.53. The first kappa shape index (κ1) is 13.1. The molecule has 1 aromatic carbocycles. The number of thiazole rings is 1. The summed E-state index contributed by atoms with van der Waals surface area (Å²) >= 11 is 1.68. The highest BCUT2D eigenvalue weighted by Crippen LogP contribution is 2.26. The summed E-state index contributed by atoms with van der Waals surface area (Å²) in [6.45, 7) is 9.62. The van der Waals surface area contributed by atoms with Crippen molar-refractivity contribution in [1.82, 2.24) is 4.98 Å². The lowest BCUT2D eigenvalue weighted by Gasteiger charge is -2.05. The quantitative estimate of drug-likeness (QED) is 0.875. The fraction of sp³-hybridized carbons (Fsp3) is 0.400. The standard InChI is InChI=1S/C15H20N2S/c1-10(2)8-16-15-17-14(9-18-15)13-6-11(3)5-12(4)7-13/h5-7,9-10H,8H2,1-4H3,(H,16,17). The summed E-state index contributed by atoms with van der Waals surface area (Å²) in [5.41, 5.74) is 4.85. The van der Waals surface area contributed by atoms with E-state index in [4.69, 9.17) is 0 Å². The Bertz CT molecular complexity index is 509. The first-order valence-corrected chi connectivity index (χ1v) is 7.20. The summed E-state index contributed by atoms with van der Waals surface area (Å²) in [5, 5.41) is 6.50. The Morgan fingerprint density at radius 1 is 1.17 bits per heavy atom. The average molecular weight is 260 g/mol. The lowest BCUT2D eigenvalue weighted by molar-refractivity contribution is 0.688. The Labute approximate surface area is 113 Å². The minimum Gasteiger partial charge on any atom is -0.361 e. The van der Waals surface area contributed by atoms with Crippen molar-refractivity contribution in [2.45, 2.75) is 27.7 Å². The van der Waals surface area contributed by atoms with Gasteiger partial charge in [-0.15, -0.1) is 11.3 Å². The molecule has 3 heteroatoms. The van der Waals surface area contributed by atoms with Gasteiger partial charge in [-0.25, -0.2) is 4.98 Å². The number of rotatable bonds is 4. The lowest BCUT2D eigenvalue weighted by atomic mass is 10.1. The van der Waals surface area contributed by atoms with Gasteiger partial charge in [0.25, 0.3) is 0 Å². The van der Waals surface area contributed by atoms with E-state index < -0.39 is 0 Å². The molecule has 0 fully saturated rings. The summed E-state index contributed by atoms with van der Waals surface area (Å²) in [4.78, 5) is 4.64. The van der Waals surface area contributed by atoms with Crippen molar-refractivity contribution < 1.29 is 0 Å². The molecule has 1 aromatic heterocycles. The number of aromatic nitrogens is 1. The molecule has 1 N–H and O–H groups in total. The van der Waals surface area contributed by atoms with E-state index in [0.29, 0.717) is 5.92 Å². The Morgan fingerprint density at radius 3 is 2.44 bits per heavy atom. The third-order valence-electron chi connectivity index (χ3n) is 2.68. The van der Waals surface area contributed by atoms with Crippen molar-refractivity contribution in [2.24, 2.45) is 5.92 Å². The highest BCUT2D eigenvalue weighted by molar-refractivity contribution is 7.14. The van der Waals surface area contributed by atoms with Crippen molar-refractivity contribution in [3.05, 3.63) is 34.7 Å². The molecule has 0 saturated carbocycles. The predicted molar refractivity (Wildman–Crippen MR) is 80.4 cm³/mol. The van der Waals surface area contributed by atoms with Gasteiger partial charge >= 0.3 is 0 Å². The van der Waals surface area contributed by atoms with Gasteiger partial charge < -0.3 is 5.32 Å². The molecular weight excluding hydrogens is 240 g/mol. The van der Waals surface area contributed by atoms with E-state index in [1.807, 2.05) is 0 Å². The van der Waals surface area contributed by atoms with Gasteiger partial charge in [-0.05, 0) is 31.9 Å². The Balaban J connectivity index is 2.18. The molecule has 0 bridgehead atoms. The van der Waals surface area contributed by atoms with E-state index in [-0.39, 0.29) is 0 Å². The molecule has 96 valence electrons. The highest BCUT2D eigenvalue weighted by Gasteiger charge is 2.05. The van der Waals surface area contributed by atoms with Gasteiger partial charge in [-0.1, -0.05) is 31.0 Å². The van der Waals surface area contributed by atoms with E-state index in [9.17, 15) is 0 Å². The summed E-state index contributed by atoms with van der Waals surface area (Å²) in [6.07, 6.45) is 0. The number of nitrogens with one attached hydrogen (secondary N) is 1. The number of benzene rings is 1. The average Bonchev–Trinajstić information content (AvgIpc) is 2.73. The van der Waals surface area contributed by atoms with Gasteiger partial charge in [0.1, 0.15) is 0 Å². The third kappa shape index (κ3) is 3.33. The van der Waals surface area contributed by atoms with Crippen LogP contribution in [0.2, 0.25) is 0 Å². The van der Waals surface area contributed by atoms with Crippen LogP contribution in [-0.4, -0.2) is 11.5 Å². The highest BCUT2D eigenvalue weighted by atomic mass is 32.1. The molecule has 2 rings (SSSR count). The van der Waals surface area contributed by atoms with Crippen molar-refractivity contribution in [3.8, 4) is 11.3 Å². The van der Waals surface area contributed by atoms with Gasteiger partial charge in [-0.3, -0.25) is 0 Å². The topological polar surface area (TPSA) is 24.9 Å². The molecule has 0 unspecified atom stereocenters. The molecule has 18 heavy (non-hydrogen) atoms. The predicted octanol–water partition coefficient (Wildman–Crippen LogP) is 4.49. The third-order valence-corrected chi connectivity index (χ3v) is 3.48. The van der Waals surface area contributed by atoms with Crippen LogP contribution in [0.15, 0.2) is 23.6 Å². The number of anilines is 1. The summed E-state index contributed by atoms with van der Waals surface area (Å²) in [7, 11) is 0. The maximum absolute atomic E-state index is 4.64. The van der Waals surface area contributed by atoms with Crippen LogP contribution in [0.1, 0.15) is 25.0 Å². The van der Waals surface area contributed by atoms with Crippen molar-refractivity contribution in [3.63, 3.8) is 0 Å². The summed E-state index contributed by atoms with van der Waals surface area (Å²) < 4.78 is 0. The second-order valence-corrected chi connectivity index (χ2v) is 6.05. The normalized spacial score (nSPS) is 10.9. The molecule has 0 aliphatic rings. The van der Waals surface area contributed by atoms with Gasteiger partial charge in [0.15, 0.2) is 5.13 Å². The van der Waals surface area contributed by atoms with Gasteiger partial charge in [0.2, 0.25) is 0 Å². The molecule has 0 aliphatic heterocycles.